The standard InChI is InChI=1S/C17H28BrNO3/c1-10-7-8-17(6,22)12-11(10)13(20)19(14(12)21)16(4,5)9-15(2,3)18/h10-12,22H,7-9H2,1-6H3/t10?,11-,12+,17?/m1/s1. The van der Waals surface area contributed by atoms with Crippen LogP contribution in [0.25, 0.3) is 0 Å². The van der Waals surface area contributed by atoms with E-state index in [1.165, 1.54) is 4.90 Å². The molecule has 1 aliphatic carbocycles. The summed E-state index contributed by atoms with van der Waals surface area (Å²) < 4.78 is -0.168. The Labute approximate surface area is 141 Å². The van der Waals surface area contributed by atoms with E-state index in [2.05, 4.69) is 15.9 Å². The number of hydrogen-bond acceptors (Lipinski definition) is 3. The van der Waals surface area contributed by atoms with E-state index in [-0.39, 0.29) is 28.0 Å². The molecule has 1 heterocycles. The predicted octanol–water partition coefficient (Wildman–Crippen LogP) is 3.11. The molecule has 1 saturated heterocycles. The van der Waals surface area contributed by atoms with Crippen molar-refractivity contribution in [3.8, 4) is 0 Å². The van der Waals surface area contributed by atoms with Gasteiger partial charge < -0.3 is 5.11 Å². The summed E-state index contributed by atoms with van der Waals surface area (Å²) in [5.74, 6) is -1.15. The Balaban J connectivity index is 2.40. The van der Waals surface area contributed by atoms with Gasteiger partial charge in [0.2, 0.25) is 11.8 Å². The average molecular weight is 374 g/mol. The lowest BCUT2D eigenvalue weighted by atomic mass is 9.66. The molecule has 0 bridgehead atoms. The molecule has 2 fully saturated rings. The lowest BCUT2D eigenvalue weighted by Gasteiger charge is -2.39. The topological polar surface area (TPSA) is 57.6 Å². The number of halogens is 1. The first-order valence-electron chi connectivity index (χ1n) is 8.07. The smallest absolute Gasteiger partial charge is 0.236 e. The summed E-state index contributed by atoms with van der Waals surface area (Å²) in [6.07, 6.45) is 2.02. The molecule has 2 unspecified atom stereocenters. The molecule has 22 heavy (non-hydrogen) atoms. The molecule has 4 nitrogen and oxygen atoms in total. The van der Waals surface area contributed by atoms with Crippen LogP contribution in [0.1, 0.15) is 60.8 Å². The summed E-state index contributed by atoms with van der Waals surface area (Å²) in [4.78, 5) is 27.4. The van der Waals surface area contributed by atoms with Crippen LogP contribution in [-0.4, -0.2) is 37.3 Å². The fourth-order valence-electron chi connectivity index (χ4n) is 4.48. The summed E-state index contributed by atoms with van der Waals surface area (Å²) in [6, 6.07) is 0. The normalized spacial score (nSPS) is 36.7. The van der Waals surface area contributed by atoms with Crippen molar-refractivity contribution in [2.24, 2.45) is 17.8 Å². The monoisotopic (exact) mass is 373 g/mol. The van der Waals surface area contributed by atoms with Crippen molar-refractivity contribution < 1.29 is 14.7 Å². The molecule has 4 atom stereocenters. The Morgan fingerprint density at radius 1 is 1.27 bits per heavy atom. The van der Waals surface area contributed by atoms with Gasteiger partial charge in [-0.3, -0.25) is 14.5 Å². The van der Waals surface area contributed by atoms with Gasteiger partial charge in [0, 0.05) is 9.86 Å². The molecular formula is C17H28BrNO3. The molecule has 1 N–H and O–H groups in total. The second-order valence-electron chi connectivity index (χ2n) is 8.60. The minimum absolute atomic E-state index is 0.107. The molecule has 1 aliphatic heterocycles. The molecule has 0 spiro atoms. The molecule has 0 aromatic carbocycles. The quantitative estimate of drug-likeness (QED) is 0.610. The lowest BCUT2D eigenvalue weighted by molar-refractivity contribution is -0.148. The number of carbonyl (C=O) groups excluding carboxylic acids is 2. The van der Waals surface area contributed by atoms with E-state index in [1.54, 1.807) is 6.92 Å². The minimum Gasteiger partial charge on any atom is -0.389 e. The predicted molar refractivity (Wildman–Crippen MR) is 89.6 cm³/mol. The van der Waals surface area contributed by atoms with Crippen LogP contribution in [0.4, 0.5) is 0 Å². The van der Waals surface area contributed by atoms with E-state index in [1.807, 2.05) is 34.6 Å². The minimum atomic E-state index is -1.08. The van der Waals surface area contributed by atoms with Crippen LogP contribution >= 0.6 is 15.9 Å². The van der Waals surface area contributed by atoms with Gasteiger partial charge in [0.05, 0.1) is 17.4 Å². The van der Waals surface area contributed by atoms with Crippen LogP contribution in [0.15, 0.2) is 0 Å². The molecule has 2 rings (SSSR count). The van der Waals surface area contributed by atoms with E-state index >= 15 is 0 Å². The second kappa shape index (κ2) is 5.30. The van der Waals surface area contributed by atoms with Crippen LogP contribution in [0.5, 0.6) is 0 Å². The second-order valence-corrected chi connectivity index (χ2v) is 10.7. The summed E-state index contributed by atoms with van der Waals surface area (Å²) >= 11 is 3.61. The third-order valence-corrected chi connectivity index (χ3v) is 5.48. The number of aliphatic hydroxyl groups is 1. The van der Waals surface area contributed by atoms with E-state index in [4.69, 9.17) is 0 Å². The van der Waals surface area contributed by atoms with Crippen LogP contribution in [0, 0.1) is 17.8 Å². The summed E-state index contributed by atoms with van der Waals surface area (Å²) in [5.41, 5.74) is -1.66. The fraction of sp³-hybridized carbons (Fsp3) is 0.882. The van der Waals surface area contributed by atoms with Crippen molar-refractivity contribution >= 4 is 27.7 Å². The molecule has 126 valence electrons. The van der Waals surface area contributed by atoms with Gasteiger partial charge in [-0.1, -0.05) is 22.9 Å². The number of fused-ring (bicyclic) bond motifs is 1. The van der Waals surface area contributed by atoms with E-state index in [9.17, 15) is 14.7 Å². The van der Waals surface area contributed by atoms with Gasteiger partial charge in [-0.05, 0) is 59.8 Å². The third-order valence-electron chi connectivity index (χ3n) is 5.20. The van der Waals surface area contributed by atoms with Gasteiger partial charge in [-0.25, -0.2) is 0 Å². The first kappa shape index (κ1) is 17.9. The molecule has 5 heteroatoms. The Kier molecular flexibility index (Phi) is 4.32. The first-order chi connectivity index (χ1) is 9.78. The zero-order valence-electron chi connectivity index (χ0n) is 14.4. The molecule has 1 saturated carbocycles. The highest BCUT2D eigenvalue weighted by Gasteiger charge is 2.61. The first-order valence-corrected chi connectivity index (χ1v) is 8.86. The maximum atomic E-state index is 13.0. The van der Waals surface area contributed by atoms with Gasteiger partial charge >= 0.3 is 0 Å². The number of likely N-dealkylation sites (tertiary alicyclic amines) is 1. The van der Waals surface area contributed by atoms with E-state index in [0.29, 0.717) is 12.8 Å². The van der Waals surface area contributed by atoms with Crippen molar-refractivity contribution in [2.75, 3.05) is 0 Å². The van der Waals surface area contributed by atoms with Crippen molar-refractivity contribution in [3.05, 3.63) is 0 Å². The van der Waals surface area contributed by atoms with Crippen LogP contribution < -0.4 is 0 Å². The van der Waals surface area contributed by atoms with Gasteiger partial charge in [-0.15, -0.1) is 0 Å². The Morgan fingerprint density at radius 2 is 1.82 bits per heavy atom. The van der Waals surface area contributed by atoms with Gasteiger partial charge in [0.1, 0.15) is 0 Å². The van der Waals surface area contributed by atoms with E-state index < -0.39 is 17.1 Å². The number of amides is 2. The Bertz CT molecular complexity index is 493. The Hall–Kier alpha value is -0.420. The number of alkyl halides is 1. The molecule has 0 aromatic rings. The maximum Gasteiger partial charge on any atom is 0.236 e. The SMILES string of the molecule is CC1CCC(C)(O)[C@@H]2C(=O)N(C(C)(C)CC(C)(C)Br)C(=O)[C@H]12. The zero-order valence-corrected chi connectivity index (χ0v) is 16.0. The molecule has 2 amide bonds. The number of rotatable bonds is 3. The molecule has 2 aliphatic rings. The molecule has 0 aromatic heterocycles. The Morgan fingerprint density at radius 3 is 2.27 bits per heavy atom. The summed E-state index contributed by atoms with van der Waals surface area (Å²) in [7, 11) is 0. The highest BCUT2D eigenvalue weighted by Crippen LogP contribution is 2.49. The zero-order chi connectivity index (χ0) is 17.1. The van der Waals surface area contributed by atoms with Gasteiger partial charge in [0.25, 0.3) is 0 Å². The molecular weight excluding hydrogens is 346 g/mol. The van der Waals surface area contributed by atoms with Crippen molar-refractivity contribution in [1.82, 2.24) is 4.90 Å². The number of hydrogen-bond donors (Lipinski definition) is 1. The van der Waals surface area contributed by atoms with E-state index in [0.717, 1.165) is 6.42 Å². The van der Waals surface area contributed by atoms with Crippen LogP contribution in [0.2, 0.25) is 0 Å². The lowest BCUT2D eigenvalue weighted by Crippen LogP contribution is -2.51. The van der Waals surface area contributed by atoms with Crippen molar-refractivity contribution in [3.63, 3.8) is 0 Å². The van der Waals surface area contributed by atoms with Crippen molar-refractivity contribution in [1.29, 1.82) is 0 Å². The van der Waals surface area contributed by atoms with Gasteiger partial charge in [0.15, 0.2) is 0 Å². The number of nitrogens with zero attached hydrogens (tertiary/aromatic N) is 1. The summed E-state index contributed by atoms with van der Waals surface area (Å²) in [5, 5.41) is 10.7. The van der Waals surface area contributed by atoms with Crippen molar-refractivity contribution in [2.45, 2.75) is 76.3 Å². The fourth-order valence-corrected chi connectivity index (χ4v) is 5.16. The maximum absolute atomic E-state index is 13.0. The summed E-state index contributed by atoms with van der Waals surface area (Å²) in [6.45, 7) is 11.7. The number of imide groups is 1. The largest absolute Gasteiger partial charge is 0.389 e. The highest BCUT2D eigenvalue weighted by molar-refractivity contribution is 9.10. The van der Waals surface area contributed by atoms with Crippen LogP contribution in [0.3, 0.4) is 0 Å². The van der Waals surface area contributed by atoms with Gasteiger partial charge in [-0.2, -0.15) is 0 Å². The average Bonchev–Trinajstić information content (AvgIpc) is 2.55. The number of carbonyl (C=O) groups is 2. The third kappa shape index (κ3) is 2.99. The molecule has 0 radical (unpaired) electrons. The highest BCUT2D eigenvalue weighted by atomic mass is 79.9. The van der Waals surface area contributed by atoms with Crippen LogP contribution in [-0.2, 0) is 9.59 Å².